The van der Waals surface area contributed by atoms with E-state index in [0.717, 1.165) is 49.3 Å². The normalized spacial score (nSPS) is 14.1. The monoisotopic (exact) mass is 469 g/mol. The van der Waals surface area contributed by atoms with Crippen molar-refractivity contribution in [3.63, 3.8) is 0 Å². The zero-order valence-corrected chi connectivity index (χ0v) is 19.3. The minimum Gasteiger partial charge on any atom is -0.452 e. The summed E-state index contributed by atoms with van der Waals surface area (Å²) in [4.78, 5) is 29.4. The summed E-state index contributed by atoms with van der Waals surface area (Å²) in [6, 6.07) is 23.4. The fourth-order valence-electron chi connectivity index (χ4n) is 4.24. The molecular weight excluding hydrogens is 442 g/mol. The largest absolute Gasteiger partial charge is 0.452 e. The third-order valence-corrected chi connectivity index (χ3v) is 6.15. The number of H-pyrrole nitrogens is 1. The summed E-state index contributed by atoms with van der Waals surface area (Å²) in [5.74, 6) is -0.943. The highest BCUT2D eigenvalue weighted by atomic mass is 16.5. The first-order valence-electron chi connectivity index (χ1n) is 11.7. The molecule has 2 N–H and O–H groups in total. The predicted molar refractivity (Wildman–Crippen MR) is 135 cm³/mol. The molecule has 35 heavy (non-hydrogen) atoms. The number of carbonyl (C=O) groups is 2. The molecule has 0 radical (unpaired) electrons. The molecular formula is C27H27N5O3. The van der Waals surface area contributed by atoms with Crippen LogP contribution < -0.4 is 10.2 Å². The lowest BCUT2D eigenvalue weighted by atomic mass is 10.2. The van der Waals surface area contributed by atoms with Crippen molar-refractivity contribution in [1.29, 1.82) is 0 Å². The topological polar surface area (TPSA) is 90.6 Å². The Morgan fingerprint density at radius 1 is 0.943 bits per heavy atom. The van der Waals surface area contributed by atoms with Gasteiger partial charge in [0, 0.05) is 49.5 Å². The summed E-state index contributed by atoms with van der Waals surface area (Å²) in [6.07, 6.45) is 1.68. The standard InChI is InChI=1S/C27H27N5O3/c33-26(19-35-27(34)21-6-7-22-17-28-30-25(22)16-21)29-23-8-10-24(11-9-23)32-14-12-31(13-15-32)18-20-4-2-1-3-5-20/h1-11,16-17H,12-15,18-19H2,(H,28,30)(H,29,33). The lowest BCUT2D eigenvalue weighted by Crippen LogP contribution is -2.45. The molecule has 4 aromatic rings. The Bertz CT molecular complexity index is 1300. The number of benzene rings is 3. The highest BCUT2D eigenvalue weighted by Gasteiger charge is 2.17. The number of carbonyl (C=O) groups excluding carboxylic acids is 2. The maximum atomic E-state index is 12.3. The molecule has 0 spiro atoms. The van der Waals surface area contributed by atoms with Crippen LogP contribution >= 0.6 is 0 Å². The van der Waals surface area contributed by atoms with Crippen LogP contribution in [0.15, 0.2) is 79.0 Å². The first-order chi connectivity index (χ1) is 17.1. The zero-order chi connectivity index (χ0) is 24.0. The van der Waals surface area contributed by atoms with Gasteiger partial charge < -0.3 is 15.0 Å². The molecule has 178 valence electrons. The molecule has 1 aliphatic heterocycles. The van der Waals surface area contributed by atoms with Crippen molar-refractivity contribution in [2.45, 2.75) is 6.54 Å². The summed E-state index contributed by atoms with van der Waals surface area (Å²) in [5, 5.41) is 10.4. The van der Waals surface area contributed by atoms with E-state index in [-0.39, 0.29) is 12.5 Å². The molecule has 3 aromatic carbocycles. The number of esters is 1. The molecule has 1 fully saturated rings. The van der Waals surface area contributed by atoms with Crippen molar-refractivity contribution in [2.24, 2.45) is 0 Å². The Kier molecular flexibility index (Phi) is 6.72. The van der Waals surface area contributed by atoms with Crippen LogP contribution in [0.4, 0.5) is 11.4 Å². The Balaban J connectivity index is 1.08. The smallest absolute Gasteiger partial charge is 0.338 e. The number of amides is 1. The van der Waals surface area contributed by atoms with Gasteiger partial charge in [0.05, 0.1) is 17.3 Å². The number of anilines is 2. The molecule has 8 nitrogen and oxygen atoms in total. The van der Waals surface area contributed by atoms with E-state index in [9.17, 15) is 9.59 Å². The summed E-state index contributed by atoms with van der Waals surface area (Å²) in [6.45, 7) is 4.54. The van der Waals surface area contributed by atoms with Gasteiger partial charge in [-0.05, 0) is 42.0 Å². The number of fused-ring (bicyclic) bond motifs is 1. The third-order valence-electron chi connectivity index (χ3n) is 6.15. The quantitative estimate of drug-likeness (QED) is 0.402. The predicted octanol–water partition coefficient (Wildman–Crippen LogP) is 3.68. The number of nitrogens with zero attached hydrogens (tertiary/aromatic N) is 3. The van der Waals surface area contributed by atoms with Crippen LogP contribution in [0, 0.1) is 0 Å². The van der Waals surface area contributed by atoms with Crippen LogP contribution in [-0.4, -0.2) is 59.8 Å². The fraction of sp³-hybridized carbons (Fsp3) is 0.222. The molecule has 0 bridgehead atoms. The summed E-state index contributed by atoms with van der Waals surface area (Å²) < 4.78 is 5.16. The van der Waals surface area contributed by atoms with Gasteiger partial charge in [-0.1, -0.05) is 36.4 Å². The van der Waals surface area contributed by atoms with Crippen molar-refractivity contribution < 1.29 is 14.3 Å². The molecule has 1 amide bonds. The van der Waals surface area contributed by atoms with Gasteiger partial charge in [0.2, 0.25) is 0 Å². The summed E-state index contributed by atoms with van der Waals surface area (Å²) in [5.41, 5.74) is 4.23. The van der Waals surface area contributed by atoms with E-state index in [0.29, 0.717) is 11.3 Å². The molecule has 0 unspecified atom stereocenters. The van der Waals surface area contributed by atoms with Crippen molar-refractivity contribution in [1.82, 2.24) is 15.1 Å². The Morgan fingerprint density at radius 2 is 1.71 bits per heavy atom. The van der Waals surface area contributed by atoms with Crippen molar-refractivity contribution in [3.8, 4) is 0 Å². The van der Waals surface area contributed by atoms with Crippen LogP contribution in [0.3, 0.4) is 0 Å². The third kappa shape index (κ3) is 5.67. The zero-order valence-electron chi connectivity index (χ0n) is 19.3. The van der Waals surface area contributed by atoms with Gasteiger partial charge in [0.15, 0.2) is 6.61 Å². The molecule has 1 saturated heterocycles. The number of ether oxygens (including phenoxy) is 1. The number of piperazine rings is 1. The van der Waals surface area contributed by atoms with E-state index in [1.807, 2.05) is 30.3 Å². The molecule has 8 heteroatoms. The van der Waals surface area contributed by atoms with Gasteiger partial charge in [0.1, 0.15) is 0 Å². The van der Waals surface area contributed by atoms with Gasteiger partial charge in [-0.25, -0.2) is 4.79 Å². The average molecular weight is 470 g/mol. The second-order valence-electron chi connectivity index (χ2n) is 8.59. The lowest BCUT2D eigenvalue weighted by Gasteiger charge is -2.36. The van der Waals surface area contributed by atoms with Crippen molar-refractivity contribution >= 4 is 34.2 Å². The molecule has 1 aromatic heterocycles. The summed E-state index contributed by atoms with van der Waals surface area (Å²) >= 11 is 0. The van der Waals surface area contributed by atoms with E-state index in [1.54, 1.807) is 24.4 Å². The number of aromatic nitrogens is 2. The lowest BCUT2D eigenvalue weighted by molar-refractivity contribution is -0.119. The van der Waals surface area contributed by atoms with Crippen LogP contribution in [0.5, 0.6) is 0 Å². The van der Waals surface area contributed by atoms with Crippen molar-refractivity contribution in [2.75, 3.05) is 43.0 Å². The van der Waals surface area contributed by atoms with Crippen LogP contribution in [0.25, 0.3) is 10.9 Å². The maximum absolute atomic E-state index is 12.3. The van der Waals surface area contributed by atoms with E-state index >= 15 is 0 Å². The van der Waals surface area contributed by atoms with Crippen LogP contribution in [-0.2, 0) is 16.1 Å². The fourth-order valence-corrected chi connectivity index (χ4v) is 4.24. The Hall–Kier alpha value is -4.17. The number of aromatic amines is 1. The number of hydrogen-bond donors (Lipinski definition) is 2. The van der Waals surface area contributed by atoms with E-state index in [4.69, 9.17) is 4.74 Å². The number of nitrogens with one attached hydrogen (secondary N) is 2. The second-order valence-corrected chi connectivity index (χ2v) is 8.59. The molecule has 1 aliphatic rings. The SMILES string of the molecule is O=C(COC(=O)c1ccc2cn[nH]c2c1)Nc1ccc(N2CCN(Cc3ccccc3)CC2)cc1. The molecule has 5 rings (SSSR count). The van der Waals surface area contributed by atoms with Gasteiger partial charge in [0.25, 0.3) is 5.91 Å². The van der Waals surface area contributed by atoms with Gasteiger partial charge in [-0.3, -0.25) is 14.8 Å². The molecule has 2 heterocycles. The number of rotatable bonds is 7. The average Bonchev–Trinajstić information content (AvgIpc) is 3.37. The minimum atomic E-state index is -0.557. The van der Waals surface area contributed by atoms with Crippen LogP contribution in [0.1, 0.15) is 15.9 Å². The second kappa shape index (κ2) is 10.4. The molecule has 0 atom stereocenters. The van der Waals surface area contributed by atoms with Crippen molar-refractivity contribution in [3.05, 3.63) is 90.1 Å². The first kappa shape index (κ1) is 22.6. The maximum Gasteiger partial charge on any atom is 0.338 e. The molecule has 0 aliphatic carbocycles. The Labute approximate surface area is 203 Å². The summed E-state index contributed by atoms with van der Waals surface area (Å²) in [7, 11) is 0. The van der Waals surface area contributed by atoms with Gasteiger partial charge in [-0.2, -0.15) is 5.10 Å². The van der Waals surface area contributed by atoms with E-state index < -0.39 is 5.97 Å². The van der Waals surface area contributed by atoms with Gasteiger partial charge >= 0.3 is 5.97 Å². The highest BCUT2D eigenvalue weighted by molar-refractivity contribution is 5.97. The molecule has 0 saturated carbocycles. The minimum absolute atomic E-state index is 0.356. The number of hydrogen-bond acceptors (Lipinski definition) is 6. The van der Waals surface area contributed by atoms with E-state index in [1.165, 1.54) is 5.56 Å². The Morgan fingerprint density at radius 3 is 2.49 bits per heavy atom. The van der Waals surface area contributed by atoms with Crippen LogP contribution in [0.2, 0.25) is 0 Å². The highest BCUT2D eigenvalue weighted by Crippen LogP contribution is 2.20. The van der Waals surface area contributed by atoms with Gasteiger partial charge in [-0.15, -0.1) is 0 Å². The first-order valence-corrected chi connectivity index (χ1v) is 11.7. The van der Waals surface area contributed by atoms with E-state index in [2.05, 4.69) is 49.6 Å².